The van der Waals surface area contributed by atoms with E-state index in [1.165, 1.54) is 0 Å². The molecule has 0 atom stereocenters. The Kier molecular flexibility index (Phi) is 4.15. The molecule has 1 aliphatic heterocycles. The number of methoxy groups -OCH3 is 1. The molecular formula is C17H14N2O5. The third-order valence-corrected chi connectivity index (χ3v) is 3.51. The molecule has 1 saturated heterocycles. The summed E-state index contributed by atoms with van der Waals surface area (Å²) >= 11 is 0. The van der Waals surface area contributed by atoms with Gasteiger partial charge in [-0.2, -0.15) is 0 Å². The van der Waals surface area contributed by atoms with Crippen LogP contribution in [-0.4, -0.2) is 25.0 Å². The number of hydrogen-bond acceptors (Lipinski definition) is 5. The molecule has 0 unspecified atom stereocenters. The van der Waals surface area contributed by atoms with Crippen molar-refractivity contribution in [1.29, 1.82) is 0 Å². The molecule has 7 heteroatoms. The van der Waals surface area contributed by atoms with E-state index >= 15 is 0 Å². The molecule has 24 heavy (non-hydrogen) atoms. The van der Waals surface area contributed by atoms with E-state index in [4.69, 9.17) is 9.47 Å². The number of urea groups is 1. The second kappa shape index (κ2) is 6.41. The highest BCUT2D eigenvalue weighted by atomic mass is 16.5. The van der Waals surface area contributed by atoms with E-state index in [1.807, 2.05) is 0 Å². The lowest BCUT2D eigenvalue weighted by Crippen LogP contribution is -2.54. The summed E-state index contributed by atoms with van der Waals surface area (Å²) in [5.41, 5.74) is 0.472. The summed E-state index contributed by atoms with van der Waals surface area (Å²) in [5.74, 6) is -0.446. The maximum Gasteiger partial charge on any atom is 0.328 e. The van der Waals surface area contributed by atoms with Crippen molar-refractivity contribution in [3.63, 3.8) is 0 Å². The van der Waals surface area contributed by atoms with Gasteiger partial charge >= 0.3 is 6.03 Å². The summed E-state index contributed by atoms with van der Waals surface area (Å²) in [7, 11) is 1.58. The predicted octanol–water partition coefficient (Wildman–Crippen LogP) is 1.94. The van der Waals surface area contributed by atoms with Crippen molar-refractivity contribution >= 4 is 17.8 Å². The van der Waals surface area contributed by atoms with Gasteiger partial charge in [0.2, 0.25) is 11.8 Å². The zero-order valence-corrected chi connectivity index (χ0v) is 12.7. The first-order valence-corrected chi connectivity index (χ1v) is 7.14. The van der Waals surface area contributed by atoms with Gasteiger partial charge in [-0.25, -0.2) is 4.79 Å². The summed E-state index contributed by atoms with van der Waals surface area (Å²) in [6.45, 7) is 0. The molecular weight excluding hydrogens is 312 g/mol. The molecule has 0 aromatic heterocycles. The zero-order chi connectivity index (χ0) is 17.1. The molecule has 3 rings (SSSR count). The maximum atomic E-state index is 11.8. The summed E-state index contributed by atoms with van der Waals surface area (Å²) in [6, 6.07) is 12.8. The number of amides is 4. The van der Waals surface area contributed by atoms with E-state index < -0.39 is 23.8 Å². The molecule has 2 N–H and O–H groups in total. The number of hydrogen-bond donors (Lipinski definition) is 2. The standard InChI is InChI=1S/C17H14N2O5/c1-23-11-6-8-13(9-7-11)24-12-4-2-10(3-5-12)14-15(20)18-17(22)19-16(14)21/h2-9,14H,1H3,(H2,18,19,20,21,22). The van der Waals surface area contributed by atoms with E-state index in [1.54, 1.807) is 55.6 Å². The van der Waals surface area contributed by atoms with Crippen molar-refractivity contribution < 1.29 is 23.9 Å². The SMILES string of the molecule is COc1ccc(Oc2ccc(C3C(=O)NC(=O)NC3=O)cc2)cc1. The number of benzene rings is 2. The minimum Gasteiger partial charge on any atom is -0.497 e. The molecule has 2 aromatic carbocycles. The summed E-state index contributed by atoms with van der Waals surface area (Å²) in [5, 5.41) is 4.14. The van der Waals surface area contributed by atoms with E-state index in [2.05, 4.69) is 10.6 Å². The van der Waals surface area contributed by atoms with Crippen LogP contribution in [-0.2, 0) is 9.59 Å². The van der Waals surface area contributed by atoms with E-state index in [-0.39, 0.29) is 0 Å². The Morgan fingerprint density at radius 2 is 1.21 bits per heavy atom. The van der Waals surface area contributed by atoms with Crippen LogP contribution in [0, 0.1) is 0 Å². The van der Waals surface area contributed by atoms with Crippen LogP contribution < -0.4 is 20.1 Å². The van der Waals surface area contributed by atoms with Gasteiger partial charge in [0.15, 0.2) is 0 Å². The van der Waals surface area contributed by atoms with Gasteiger partial charge in [0, 0.05) is 0 Å². The fraction of sp³-hybridized carbons (Fsp3) is 0.118. The molecule has 0 aliphatic carbocycles. The van der Waals surface area contributed by atoms with Crippen LogP contribution in [0.25, 0.3) is 0 Å². The molecule has 1 aliphatic rings. The Hall–Kier alpha value is -3.35. The molecule has 0 radical (unpaired) electrons. The number of barbiturate groups is 1. The molecule has 1 heterocycles. The largest absolute Gasteiger partial charge is 0.497 e. The Morgan fingerprint density at radius 3 is 1.71 bits per heavy atom. The van der Waals surface area contributed by atoms with Gasteiger partial charge in [-0.3, -0.25) is 20.2 Å². The molecule has 7 nitrogen and oxygen atoms in total. The number of rotatable bonds is 4. The molecule has 0 spiro atoms. The highest BCUT2D eigenvalue weighted by Crippen LogP contribution is 2.26. The van der Waals surface area contributed by atoms with Crippen LogP contribution >= 0.6 is 0 Å². The van der Waals surface area contributed by atoms with Crippen LogP contribution in [0.5, 0.6) is 17.2 Å². The van der Waals surface area contributed by atoms with Crippen LogP contribution in [0.3, 0.4) is 0 Å². The van der Waals surface area contributed by atoms with Crippen molar-refractivity contribution in [2.75, 3.05) is 7.11 Å². The number of nitrogens with one attached hydrogen (secondary N) is 2. The number of ether oxygens (including phenoxy) is 2. The zero-order valence-electron chi connectivity index (χ0n) is 12.7. The van der Waals surface area contributed by atoms with Crippen molar-refractivity contribution in [2.45, 2.75) is 5.92 Å². The lowest BCUT2D eigenvalue weighted by molar-refractivity contribution is -0.132. The third kappa shape index (κ3) is 3.19. The quantitative estimate of drug-likeness (QED) is 0.838. The third-order valence-electron chi connectivity index (χ3n) is 3.51. The summed E-state index contributed by atoms with van der Waals surface area (Å²) < 4.78 is 10.8. The smallest absolute Gasteiger partial charge is 0.328 e. The Balaban J connectivity index is 1.74. The first kappa shape index (κ1) is 15.5. The minimum atomic E-state index is -1.06. The van der Waals surface area contributed by atoms with Gasteiger partial charge in [-0.15, -0.1) is 0 Å². The Labute approximate surface area is 137 Å². The first-order chi connectivity index (χ1) is 11.6. The monoisotopic (exact) mass is 326 g/mol. The van der Waals surface area contributed by atoms with Crippen LogP contribution in [0.1, 0.15) is 11.5 Å². The molecule has 2 aromatic rings. The molecule has 4 amide bonds. The molecule has 0 saturated carbocycles. The van der Waals surface area contributed by atoms with E-state index in [0.29, 0.717) is 17.1 Å². The van der Waals surface area contributed by atoms with Crippen LogP contribution in [0.2, 0.25) is 0 Å². The average Bonchev–Trinajstić information content (AvgIpc) is 2.56. The van der Waals surface area contributed by atoms with Crippen LogP contribution in [0.4, 0.5) is 4.79 Å². The normalized spacial score (nSPS) is 14.8. The lowest BCUT2D eigenvalue weighted by atomic mass is 9.96. The minimum absolute atomic E-state index is 0.472. The van der Waals surface area contributed by atoms with Gasteiger partial charge in [-0.05, 0) is 42.0 Å². The van der Waals surface area contributed by atoms with Crippen LogP contribution in [0.15, 0.2) is 48.5 Å². The van der Waals surface area contributed by atoms with Crippen molar-refractivity contribution in [3.8, 4) is 17.2 Å². The predicted molar refractivity (Wildman–Crippen MR) is 83.9 cm³/mol. The number of imide groups is 2. The molecule has 0 bridgehead atoms. The van der Waals surface area contributed by atoms with Crippen molar-refractivity contribution in [1.82, 2.24) is 10.6 Å². The van der Waals surface area contributed by atoms with E-state index in [9.17, 15) is 14.4 Å². The van der Waals surface area contributed by atoms with Gasteiger partial charge < -0.3 is 9.47 Å². The van der Waals surface area contributed by atoms with E-state index in [0.717, 1.165) is 5.75 Å². The molecule has 1 fully saturated rings. The number of carbonyl (C=O) groups is 3. The average molecular weight is 326 g/mol. The molecule has 122 valence electrons. The van der Waals surface area contributed by atoms with Gasteiger partial charge in [-0.1, -0.05) is 12.1 Å². The second-order valence-corrected chi connectivity index (χ2v) is 5.09. The Morgan fingerprint density at radius 1 is 0.750 bits per heavy atom. The van der Waals surface area contributed by atoms with Gasteiger partial charge in [0.25, 0.3) is 0 Å². The highest BCUT2D eigenvalue weighted by Gasteiger charge is 2.35. The second-order valence-electron chi connectivity index (χ2n) is 5.09. The van der Waals surface area contributed by atoms with Crippen molar-refractivity contribution in [3.05, 3.63) is 54.1 Å². The summed E-state index contributed by atoms with van der Waals surface area (Å²) in [6.07, 6.45) is 0. The fourth-order valence-electron chi connectivity index (χ4n) is 2.33. The Bertz CT molecular complexity index is 764. The fourth-order valence-corrected chi connectivity index (χ4v) is 2.33. The maximum absolute atomic E-state index is 11.8. The summed E-state index contributed by atoms with van der Waals surface area (Å²) in [4.78, 5) is 34.7. The van der Waals surface area contributed by atoms with Crippen molar-refractivity contribution in [2.24, 2.45) is 0 Å². The van der Waals surface area contributed by atoms with Gasteiger partial charge in [0.05, 0.1) is 7.11 Å². The lowest BCUT2D eigenvalue weighted by Gasteiger charge is -2.20. The number of carbonyl (C=O) groups excluding carboxylic acids is 3. The topological polar surface area (TPSA) is 93.7 Å². The highest BCUT2D eigenvalue weighted by molar-refractivity contribution is 6.19. The first-order valence-electron chi connectivity index (χ1n) is 7.14. The van der Waals surface area contributed by atoms with Gasteiger partial charge in [0.1, 0.15) is 23.2 Å².